The van der Waals surface area contributed by atoms with E-state index in [-0.39, 0.29) is 6.61 Å². The number of alkyl halides is 1. The number of allylic oxidation sites excluding steroid dienone is 1. The van der Waals surface area contributed by atoms with Gasteiger partial charge in [0.25, 0.3) is 0 Å². The molecule has 0 aromatic heterocycles. The zero-order valence-electron chi connectivity index (χ0n) is 10.3. The SMILES string of the molecule is COC(=O)COc1cc(/C=C/CBr)cc(OC)c1. The van der Waals surface area contributed by atoms with Crippen molar-refractivity contribution >= 4 is 28.0 Å². The number of esters is 1. The average molecular weight is 315 g/mol. The Labute approximate surface area is 115 Å². The number of carbonyl (C=O) groups excluding carboxylic acids is 1. The van der Waals surface area contributed by atoms with Crippen molar-refractivity contribution in [3.8, 4) is 11.5 Å². The molecular weight excluding hydrogens is 300 g/mol. The normalized spacial score (nSPS) is 10.4. The maximum atomic E-state index is 11.0. The predicted molar refractivity (Wildman–Crippen MR) is 73.3 cm³/mol. The second kappa shape index (κ2) is 7.76. The monoisotopic (exact) mass is 314 g/mol. The molecule has 0 aliphatic carbocycles. The van der Waals surface area contributed by atoms with Crippen LogP contribution in [0.25, 0.3) is 6.08 Å². The van der Waals surface area contributed by atoms with E-state index >= 15 is 0 Å². The van der Waals surface area contributed by atoms with Crippen molar-refractivity contribution in [3.05, 3.63) is 29.8 Å². The molecule has 18 heavy (non-hydrogen) atoms. The molecule has 0 radical (unpaired) electrons. The lowest BCUT2D eigenvalue weighted by atomic mass is 10.2. The van der Waals surface area contributed by atoms with Gasteiger partial charge in [-0.15, -0.1) is 0 Å². The molecule has 1 aromatic carbocycles. The highest BCUT2D eigenvalue weighted by atomic mass is 79.9. The van der Waals surface area contributed by atoms with Gasteiger partial charge in [-0.05, 0) is 17.7 Å². The van der Waals surface area contributed by atoms with Crippen LogP contribution in [0.3, 0.4) is 0 Å². The molecule has 0 aliphatic heterocycles. The van der Waals surface area contributed by atoms with Gasteiger partial charge in [-0.1, -0.05) is 28.1 Å². The van der Waals surface area contributed by atoms with Crippen molar-refractivity contribution in [2.45, 2.75) is 0 Å². The molecule has 0 amide bonds. The van der Waals surface area contributed by atoms with Gasteiger partial charge in [-0.2, -0.15) is 0 Å². The van der Waals surface area contributed by atoms with Crippen LogP contribution in [0.4, 0.5) is 0 Å². The van der Waals surface area contributed by atoms with Crippen molar-refractivity contribution < 1.29 is 19.0 Å². The van der Waals surface area contributed by atoms with E-state index in [1.54, 1.807) is 13.2 Å². The lowest BCUT2D eigenvalue weighted by Crippen LogP contribution is -2.12. The number of benzene rings is 1. The lowest BCUT2D eigenvalue weighted by molar-refractivity contribution is -0.142. The standard InChI is InChI=1S/C13H15BrO4/c1-16-11-6-10(4-3-5-14)7-12(8-11)18-9-13(15)17-2/h3-4,6-8H,5,9H2,1-2H3/b4-3+. The summed E-state index contributed by atoms with van der Waals surface area (Å²) in [6.07, 6.45) is 3.89. The fourth-order valence-electron chi connectivity index (χ4n) is 1.27. The first-order valence-electron chi connectivity index (χ1n) is 5.30. The molecule has 0 fully saturated rings. The largest absolute Gasteiger partial charge is 0.497 e. The summed E-state index contributed by atoms with van der Waals surface area (Å²) >= 11 is 3.31. The molecule has 0 unspecified atom stereocenters. The molecule has 0 bridgehead atoms. The van der Waals surface area contributed by atoms with Gasteiger partial charge >= 0.3 is 5.97 Å². The van der Waals surface area contributed by atoms with Crippen molar-refractivity contribution in [3.63, 3.8) is 0 Å². The Kier molecular flexibility index (Phi) is 6.28. The maximum Gasteiger partial charge on any atom is 0.343 e. The summed E-state index contributed by atoms with van der Waals surface area (Å²) in [5.41, 5.74) is 0.939. The van der Waals surface area contributed by atoms with Gasteiger partial charge in [0.05, 0.1) is 14.2 Å². The van der Waals surface area contributed by atoms with Crippen LogP contribution >= 0.6 is 15.9 Å². The van der Waals surface area contributed by atoms with Gasteiger partial charge in [-0.3, -0.25) is 0 Å². The van der Waals surface area contributed by atoms with Crippen LogP contribution in [0.5, 0.6) is 11.5 Å². The third-order valence-electron chi connectivity index (χ3n) is 2.12. The van der Waals surface area contributed by atoms with Crippen LogP contribution in [-0.4, -0.2) is 32.1 Å². The predicted octanol–water partition coefficient (Wildman–Crippen LogP) is 2.66. The minimum absolute atomic E-state index is 0.120. The van der Waals surface area contributed by atoms with Crippen molar-refractivity contribution in [2.24, 2.45) is 0 Å². The highest BCUT2D eigenvalue weighted by Crippen LogP contribution is 2.23. The number of hydrogen-bond acceptors (Lipinski definition) is 4. The van der Waals surface area contributed by atoms with E-state index in [9.17, 15) is 4.79 Å². The fraction of sp³-hybridized carbons (Fsp3) is 0.308. The summed E-state index contributed by atoms with van der Waals surface area (Å²) in [6.45, 7) is -0.120. The summed E-state index contributed by atoms with van der Waals surface area (Å²) < 4.78 is 15.0. The van der Waals surface area contributed by atoms with Crippen molar-refractivity contribution in [2.75, 3.05) is 26.2 Å². The van der Waals surface area contributed by atoms with Gasteiger partial charge in [0.2, 0.25) is 0 Å². The molecule has 0 spiro atoms. The Morgan fingerprint density at radius 3 is 2.61 bits per heavy atom. The Hall–Kier alpha value is -1.49. The number of carbonyl (C=O) groups is 1. The summed E-state index contributed by atoms with van der Waals surface area (Å²) in [7, 11) is 2.90. The van der Waals surface area contributed by atoms with E-state index in [4.69, 9.17) is 9.47 Å². The molecule has 1 rings (SSSR count). The molecule has 5 heteroatoms. The Morgan fingerprint density at radius 2 is 2.00 bits per heavy atom. The molecular formula is C13H15BrO4. The third kappa shape index (κ3) is 4.79. The van der Waals surface area contributed by atoms with Crippen LogP contribution < -0.4 is 9.47 Å². The molecule has 0 saturated heterocycles. The van der Waals surface area contributed by atoms with Crippen LogP contribution in [-0.2, 0) is 9.53 Å². The van der Waals surface area contributed by atoms with Gasteiger partial charge in [0.1, 0.15) is 11.5 Å². The second-order valence-corrected chi connectivity index (χ2v) is 4.01. The molecule has 0 aliphatic rings. The maximum absolute atomic E-state index is 11.0. The molecule has 0 N–H and O–H groups in total. The molecule has 0 heterocycles. The smallest absolute Gasteiger partial charge is 0.343 e. The Bertz CT molecular complexity index is 429. The highest BCUT2D eigenvalue weighted by Gasteiger charge is 2.04. The summed E-state index contributed by atoms with van der Waals surface area (Å²) in [4.78, 5) is 11.0. The zero-order chi connectivity index (χ0) is 13.4. The number of halogens is 1. The minimum Gasteiger partial charge on any atom is -0.497 e. The Morgan fingerprint density at radius 1 is 1.28 bits per heavy atom. The van der Waals surface area contributed by atoms with Gasteiger partial charge < -0.3 is 14.2 Å². The number of rotatable bonds is 6. The van der Waals surface area contributed by atoms with Crippen LogP contribution in [0.15, 0.2) is 24.3 Å². The average Bonchev–Trinajstić information content (AvgIpc) is 2.42. The fourth-order valence-corrected chi connectivity index (χ4v) is 1.46. The van der Waals surface area contributed by atoms with E-state index in [0.29, 0.717) is 11.5 Å². The van der Waals surface area contributed by atoms with E-state index in [1.165, 1.54) is 7.11 Å². The summed E-state index contributed by atoms with van der Waals surface area (Å²) in [5.74, 6) is 0.816. The summed E-state index contributed by atoms with van der Waals surface area (Å²) in [5, 5.41) is 0.766. The van der Waals surface area contributed by atoms with E-state index in [2.05, 4.69) is 20.7 Å². The molecule has 0 saturated carbocycles. The van der Waals surface area contributed by atoms with Gasteiger partial charge in [0.15, 0.2) is 6.61 Å². The Balaban J connectivity index is 2.83. The topological polar surface area (TPSA) is 44.8 Å². The first-order valence-corrected chi connectivity index (χ1v) is 6.43. The summed E-state index contributed by atoms with van der Waals surface area (Å²) in [6, 6.07) is 5.42. The first-order chi connectivity index (χ1) is 8.69. The van der Waals surface area contributed by atoms with E-state index in [0.717, 1.165) is 10.9 Å². The molecule has 0 atom stereocenters. The third-order valence-corrected chi connectivity index (χ3v) is 2.50. The first kappa shape index (κ1) is 14.6. The van der Waals surface area contributed by atoms with Gasteiger partial charge in [-0.25, -0.2) is 4.79 Å². The number of ether oxygens (including phenoxy) is 3. The van der Waals surface area contributed by atoms with E-state index in [1.807, 2.05) is 24.3 Å². The number of hydrogen-bond donors (Lipinski definition) is 0. The molecule has 4 nitrogen and oxygen atoms in total. The lowest BCUT2D eigenvalue weighted by Gasteiger charge is -2.08. The van der Waals surface area contributed by atoms with Crippen molar-refractivity contribution in [1.29, 1.82) is 0 Å². The minimum atomic E-state index is -0.421. The molecule has 98 valence electrons. The number of methoxy groups -OCH3 is 2. The quantitative estimate of drug-likeness (QED) is 0.598. The van der Waals surface area contributed by atoms with Crippen LogP contribution in [0.2, 0.25) is 0 Å². The second-order valence-electron chi connectivity index (χ2n) is 3.36. The molecule has 1 aromatic rings. The van der Waals surface area contributed by atoms with Crippen molar-refractivity contribution in [1.82, 2.24) is 0 Å². The van der Waals surface area contributed by atoms with Gasteiger partial charge in [0, 0.05) is 11.4 Å². The van der Waals surface area contributed by atoms with Crippen LogP contribution in [0.1, 0.15) is 5.56 Å². The van der Waals surface area contributed by atoms with E-state index < -0.39 is 5.97 Å². The van der Waals surface area contributed by atoms with Crippen LogP contribution in [0, 0.1) is 0 Å². The highest BCUT2D eigenvalue weighted by molar-refractivity contribution is 9.09. The zero-order valence-corrected chi connectivity index (χ0v) is 11.9.